The Balaban J connectivity index is 2.02. The van der Waals surface area contributed by atoms with Gasteiger partial charge in [0.2, 0.25) is 10.0 Å². The number of hydrogen-bond donors (Lipinski definition) is 2. The van der Waals surface area contributed by atoms with Crippen molar-refractivity contribution in [3.8, 4) is 11.3 Å². The molecule has 5 nitrogen and oxygen atoms in total. The maximum Gasteiger partial charge on any atom is 0.209 e. The fourth-order valence-electron chi connectivity index (χ4n) is 1.94. The van der Waals surface area contributed by atoms with Crippen molar-refractivity contribution in [2.45, 2.75) is 19.4 Å². The van der Waals surface area contributed by atoms with Crippen LogP contribution in [0.15, 0.2) is 29.6 Å². The molecule has 0 spiro atoms. The Hall–Kier alpha value is -1.51. The lowest BCUT2D eigenvalue weighted by Crippen LogP contribution is -2.47. The van der Waals surface area contributed by atoms with Gasteiger partial charge in [-0.1, -0.05) is 0 Å². The van der Waals surface area contributed by atoms with Crippen molar-refractivity contribution < 1.29 is 12.8 Å². The van der Waals surface area contributed by atoms with Crippen molar-refractivity contribution in [1.82, 2.24) is 9.71 Å². The van der Waals surface area contributed by atoms with Crippen LogP contribution in [0.25, 0.3) is 11.3 Å². The predicted octanol–water partition coefficient (Wildman–Crippen LogP) is 2.69. The Morgan fingerprint density at radius 1 is 1.27 bits per heavy atom. The van der Waals surface area contributed by atoms with Gasteiger partial charge in [-0.05, 0) is 38.1 Å². The Morgan fingerprint density at radius 3 is 2.50 bits per heavy atom. The summed E-state index contributed by atoms with van der Waals surface area (Å²) in [6.07, 6.45) is 1.13. The van der Waals surface area contributed by atoms with Crippen LogP contribution in [0, 0.1) is 5.82 Å². The third-order valence-corrected chi connectivity index (χ3v) is 4.51. The zero-order chi connectivity index (χ0) is 16.4. The van der Waals surface area contributed by atoms with E-state index in [1.54, 1.807) is 26.0 Å². The fraction of sp³-hybridized carbons (Fsp3) is 0.357. The average Bonchev–Trinajstić information content (AvgIpc) is 2.83. The molecule has 0 saturated heterocycles. The van der Waals surface area contributed by atoms with Gasteiger partial charge in [-0.25, -0.2) is 22.5 Å². The minimum absolute atomic E-state index is 0.286. The van der Waals surface area contributed by atoms with E-state index in [9.17, 15) is 12.8 Å². The molecule has 1 aromatic carbocycles. The van der Waals surface area contributed by atoms with Crippen molar-refractivity contribution in [3.05, 3.63) is 35.5 Å². The van der Waals surface area contributed by atoms with Gasteiger partial charge in [0.15, 0.2) is 5.13 Å². The van der Waals surface area contributed by atoms with Crippen LogP contribution >= 0.6 is 11.3 Å². The largest absolute Gasteiger partial charge is 0.360 e. The minimum Gasteiger partial charge on any atom is -0.360 e. The van der Waals surface area contributed by atoms with Crippen molar-refractivity contribution in [1.29, 1.82) is 0 Å². The third-order valence-electron chi connectivity index (χ3n) is 2.79. The number of benzene rings is 1. The van der Waals surface area contributed by atoms with Crippen LogP contribution < -0.4 is 10.0 Å². The summed E-state index contributed by atoms with van der Waals surface area (Å²) in [5.74, 6) is -0.286. The van der Waals surface area contributed by atoms with Gasteiger partial charge in [0.25, 0.3) is 0 Å². The molecule has 1 heterocycles. The summed E-state index contributed by atoms with van der Waals surface area (Å²) in [5, 5.41) is 5.67. The first-order valence-electron chi connectivity index (χ1n) is 6.59. The summed E-state index contributed by atoms with van der Waals surface area (Å²) >= 11 is 1.41. The molecule has 2 aromatic rings. The average molecular weight is 343 g/mol. The second kappa shape index (κ2) is 6.31. The molecule has 0 radical (unpaired) electrons. The molecule has 8 heteroatoms. The molecule has 0 bridgehead atoms. The van der Waals surface area contributed by atoms with Crippen molar-refractivity contribution in [2.75, 3.05) is 18.1 Å². The molecule has 1 aromatic heterocycles. The van der Waals surface area contributed by atoms with Gasteiger partial charge in [-0.15, -0.1) is 11.3 Å². The fourth-order valence-corrected chi connectivity index (χ4v) is 3.74. The van der Waals surface area contributed by atoms with Crippen LogP contribution in [-0.4, -0.2) is 31.7 Å². The summed E-state index contributed by atoms with van der Waals surface area (Å²) in [6.45, 7) is 3.97. The Bertz CT molecular complexity index is 740. The zero-order valence-electron chi connectivity index (χ0n) is 12.6. The molecule has 0 saturated carbocycles. The highest BCUT2D eigenvalue weighted by Gasteiger charge is 2.22. The highest BCUT2D eigenvalue weighted by atomic mass is 32.2. The number of aromatic nitrogens is 1. The number of thiazole rings is 1. The van der Waals surface area contributed by atoms with Gasteiger partial charge >= 0.3 is 0 Å². The second-order valence-electron chi connectivity index (χ2n) is 5.66. The number of hydrogen-bond acceptors (Lipinski definition) is 5. The molecule has 0 amide bonds. The van der Waals surface area contributed by atoms with Gasteiger partial charge < -0.3 is 5.32 Å². The molecular formula is C14H18FN3O2S2. The maximum atomic E-state index is 12.9. The number of anilines is 1. The van der Waals surface area contributed by atoms with Crippen LogP contribution in [0.2, 0.25) is 0 Å². The molecule has 0 unspecified atom stereocenters. The summed E-state index contributed by atoms with van der Waals surface area (Å²) in [7, 11) is -3.27. The Morgan fingerprint density at radius 2 is 1.91 bits per heavy atom. The van der Waals surface area contributed by atoms with E-state index < -0.39 is 15.6 Å². The quantitative estimate of drug-likeness (QED) is 0.846. The molecule has 0 aliphatic carbocycles. The molecule has 0 atom stereocenters. The molecule has 2 N–H and O–H groups in total. The van der Waals surface area contributed by atoms with E-state index in [0.717, 1.165) is 17.5 Å². The van der Waals surface area contributed by atoms with E-state index in [1.165, 1.54) is 23.5 Å². The standard InChI is InChI=1S/C14H18FN3O2S2/c1-14(2,18-22(3,19)20)9-16-13-17-12(8-21-13)10-4-6-11(15)7-5-10/h4-8,18H,9H2,1-3H3,(H,16,17). The molecule has 0 aliphatic heterocycles. The van der Waals surface area contributed by atoms with Crippen LogP contribution in [0.3, 0.4) is 0 Å². The second-order valence-corrected chi connectivity index (χ2v) is 8.26. The monoisotopic (exact) mass is 343 g/mol. The van der Waals surface area contributed by atoms with Gasteiger partial charge in [-0.2, -0.15) is 0 Å². The molecular weight excluding hydrogens is 325 g/mol. The van der Waals surface area contributed by atoms with E-state index in [0.29, 0.717) is 11.7 Å². The van der Waals surface area contributed by atoms with E-state index in [4.69, 9.17) is 0 Å². The van der Waals surface area contributed by atoms with Gasteiger partial charge in [0.1, 0.15) is 5.82 Å². The van der Waals surface area contributed by atoms with Crippen molar-refractivity contribution in [2.24, 2.45) is 0 Å². The molecule has 0 aliphatic rings. The lowest BCUT2D eigenvalue weighted by molar-refractivity contribution is 0.476. The van der Waals surface area contributed by atoms with Crippen LogP contribution in [-0.2, 0) is 10.0 Å². The summed E-state index contributed by atoms with van der Waals surface area (Å²) in [6, 6.07) is 6.12. The summed E-state index contributed by atoms with van der Waals surface area (Å²) < 4.78 is 38.0. The Kier molecular flexibility index (Phi) is 4.84. The van der Waals surface area contributed by atoms with Crippen LogP contribution in [0.5, 0.6) is 0 Å². The van der Waals surface area contributed by atoms with E-state index in [-0.39, 0.29) is 5.82 Å². The van der Waals surface area contributed by atoms with Crippen molar-refractivity contribution >= 4 is 26.5 Å². The maximum absolute atomic E-state index is 12.9. The van der Waals surface area contributed by atoms with Gasteiger partial charge in [0, 0.05) is 23.0 Å². The highest BCUT2D eigenvalue weighted by molar-refractivity contribution is 7.88. The number of nitrogens with one attached hydrogen (secondary N) is 2. The summed E-state index contributed by atoms with van der Waals surface area (Å²) in [5.41, 5.74) is 0.954. The first kappa shape index (κ1) is 16.9. The molecule has 0 fully saturated rings. The molecule has 120 valence electrons. The topological polar surface area (TPSA) is 71.1 Å². The smallest absolute Gasteiger partial charge is 0.209 e. The lowest BCUT2D eigenvalue weighted by Gasteiger charge is -2.25. The lowest BCUT2D eigenvalue weighted by atomic mass is 10.1. The third kappa shape index (κ3) is 5.04. The van der Waals surface area contributed by atoms with E-state index >= 15 is 0 Å². The SMILES string of the molecule is CC(C)(CNc1nc(-c2ccc(F)cc2)cs1)NS(C)(=O)=O. The van der Waals surface area contributed by atoms with Crippen LogP contribution in [0.4, 0.5) is 9.52 Å². The zero-order valence-corrected chi connectivity index (χ0v) is 14.2. The first-order chi connectivity index (χ1) is 10.1. The Labute approximate surface area is 133 Å². The number of sulfonamides is 1. The normalized spacial score (nSPS) is 12.4. The van der Waals surface area contributed by atoms with Gasteiger partial charge in [-0.3, -0.25) is 0 Å². The minimum atomic E-state index is -3.27. The van der Waals surface area contributed by atoms with E-state index in [2.05, 4.69) is 15.0 Å². The van der Waals surface area contributed by atoms with Crippen LogP contribution in [0.1, 0.15) is 13.8 Å². The highest BCUT2D eigenvalue weighted by Crippen LogP contribution is 2.25. The van der Waals surface area contributed by atoms with E-state index in [1.807, 2.05) is 5.38 Å². The number of rotatable bonds is 6. The van der Waals surface area contributed by atoms with Crippen molar-refractivity contribution in [3.63, 3.8) is 0 Å². The molecule has 2 rings (SSSR count). The first-order valence-corrected chi connectivity index (χ1v) is 9.36. The predicted molar refractivity (Wildman–Crippen MR) is 88.1 cm³/mol. The number of nitrogens with zero attached hydrogens (tertiary/aromatic N) is 1. The molecule has 22 heavy (non-hydrogen) atoms. The number of halogens is 1. The van der Waals surface area contributed by atoms with Gasteiger partial charge in [0.05, 0.1) is 11.9 Å². The summed E-state index contributed by atoms with van der Waals surface area (Å²) in [4.78, 5) is 4.42.